The summed E-state index contributed by atoms with van der Waals surface area (Å²) in [6, 6.07) is 11.3. The lowest BCUT2D eigenvalue weighted by atomic mass is 10.0. The molecule has 0 spiro atoms. The van der Waals surface area contributed by atoms with Crippen LogP contribution in [0.2, 0.25) is 0 Å². The van der Waals surface area contributed by atoms with Gasteiger partial charge in [-0.1, -0.05) is 12.1 Å². The van der Waals surface area contributed by atoms with Gasteiger partial charge in [0.15, 0.2) is 0 Å². The molecule has 33 heavy (non-hydrogen) atoms. The minimum Gasteiger partial charge on any atom is -0.465 e. The average Bonchev–Trinajstić information content (AvgIpc) is 3.50. The van der Waals surface area contributed by atoms with Crippen LogP contribution in [0.5, 0.6) is 0 Å². The second kappa shape index (κ2) is 9.42. The molecular weight excluding hydrogens is 467 g/mol. The van der Waals surface area contributed by atoms with Gasteiger partial charge in [0.1, 0.15) is 16.4 Å². The molecule has 1 aliphatic rings. The minimum absolute atomic E-state index is 0.130. The van der Waals surface area contributed by atoms with Gasteiger partial charge in [-0.15, -0.1) is 11.3 Å². The molecule has 10 heteroatoms. The van der Waals surface area contributed by atoms with Crippen molar-refractivity contribution in [2.45, 2.75) is 17.7 Å². The molecule has 3 aromatic rings. The van der Waals surface area contributed by atoms with Gasteiger partial charge in [0, 0.05) is 29.6 Å². The number of esters is 1. The van der Waals surface area contributed by atoms with Crippen LogP contribution in [0.4, 0.5) is 9.39 Å². The predicted octanol–water partition coefficient (Wildman–Crippen LogP) is 4.38. The lowest BCUT2D eigenvalue weighted by Gasteiger charge is -2.15. The van der Waals surface area contributed by atoms with E-state index in [9.17, 15) is 22.4 Å². The van der Waals surface area contributed by atoms with Crippen LogP contribution in [0.15, 0.2) is 58.8 Å². The number of methoxy groups -OCH3 is 1. The first-order valence-corrected chi connectivity index (χ1v) is 12.5. The minimum atomic E-state index is -3.58. The summed E-state index contributed by atoms with van der Waals surface area (Å²) in [6.07, 6.45) is 1.67. The van der Waals surface area contributed by atoms with Crippen molar-refractivity contribution in [2.75, 3.05) is 25.5 Å². The SMILES string of the molecule is COC(=O)c1c(-c2ccc(F)cc2)csc1NC(=O)c1ccc(S(=O)(=O)N2CCCC2)cc1. The molecular formula is C23H21FN2O5S2. The van der Waals surface area contributed by atoms with Crippen LogP contribution in [-0.2, 0) is 14.8 Å². The first-order chi connectivity index (χ1) is 15.8. The molecule has 2 aromatic carbocycles. The van der Waals surface area contributed by atoms with Crippen LogP contribution in [0.25, 0.3) is 11.1 Å². The fourth-order valence-electron chi connectivity index (χ4n) is 3.63. The number of hydrogen-bond donors (Lipinski definition) is 1. The van der Waals surface area contributed by atoms with Crippen molar-refractivity contribution in [2.24, 2.45) is 0 Å². The first-order valence-electron chi connectivity index (χ1n) is 10.2. The van der Waals surface area contributed by atoms with Gasteiger partial charge >= 0.3 is 5.97 Å². The maximum Gasteiger partial charge on any atom is 0.341 e. The smallest absolute Gasteiger partial charge is 0.341 e. The molecule has 1 amide bonds. The number of rotatable bonds is 6. The number of sulfonamides is 1. The molecule has 0 atom stereocenters. The molecule has 0 bridgehead atoms. The Labute approximate surface area is 194 Å². The summed E-state index contributed by atoms with van der Waals surface area (Å²) in [4.78, 5) is 25.4. The maximum atomic E-state index is 13.3. The number of benzene rings is 2. The highest BCUT2D eigenvalue weighted by Gasteiger charge is 2.27. The average molecular weight is 489 g/mol. The van der Waals surface area contributed by atoms with Crippen molar-refractivity contribution in [1.82, 2.24) is 4.31 Å². The molecule has 172 valence electrons. The summed E-state index contributed by atoms with van der Waals surface area (Å²) in [7, 11) is -2.34. The third-order valence-electron chi connectivity index (χ3n) is 5.38. The van der Waals surface area contributed by atoms with Crippen molar-refractivity contribution in [1.29, 1.82) is 0 Å². The number of carbonyl (C=O) groups is 2. The van der Waals surface area contributed by atoms with E-state index >= 15 is 0 Å². The Hall–Kier alpha value is -3.08. The largest absolute Gasteiger partial charge is 0.465 e. The highest BCUT2D eigenvalue weighted by atomic mass is 32.2. The topological polar surface area (TPSA) is 92.8 Å². The Morgan fingerprint density at radius 2 is 1.67 bits per heavy atom. The van der Waals surface area contributed by atoms with E-state index in [2.05, 4.69) is 5.32 Å². The Kier molecular flexibility index (Phi) is 6.59. The van der Waals surface area contributed by atoms with E-state index in [1.54, 1.807) is 5.38 Å². The number of thiophene rings is 1. The summed E-state index contributed by atoms with van der Waals surface area (Å²) >= 11 is 1.14. The van der Waals surface area contributed by atoms with Crippen LogP contribution >= 0.6 is 11.3 Å². The van der Waals surface area contributed by atoms with E-state index in [4.69, 9.17) is 4.74 Å². The Morgan fingerprint density at radius 3 is 2.27 bits per heavy atom. The number of halogens is 1. The number of amides is 1. The molecule has 1 aliphatic heterocycles. The van der Waals surface area contributed by atoms with Gasteiger partial charge in [-0.3, -0.25) is 4.79 Å². The van der Waals surface area contributed by atoms with Crippen molar-refractivity contribution < 1.29 is 27.1 Å². The van der Waals surface area contributed by atoms with Crippen molar-refractivity contribution in [3.05, 3.63) is 70.9 Å². The van der Waals surface area contributed by atoms with Gasteiger partial charge in [0.05, 0.1) is 12.0 Å². The Balaban J connectivity index is 1.58. The molecule has 7 nitrogen and oxygen atoms in total. The quantitative estimate of drug-likeness (QED) is 0.520. The van der Waals surface area contributed by atoms with E-state index < -0.39 is 27.7 Å². The zero-order valence-electron chi connectivity index (χ0n) is 17.7. The van der Waals surface area contributed by atoms with E-state index in [1.807, 2.05) is 0 Å². The summed E-state index contributed by atoms with van der Waals surface area (Å²) in [5, 5.41) is 4.66. The van der Waals surface area contributed by atoms with Gasteiger partial charge in [-0.05, 0) is 54.8 Å². The Morgan fingerprint density at radius 1 is 1.03 bits per heavy atom. The normalized spacial score (nSPS) is 14.2. The first kappa shape index (κ1) is 23.1. The molecule has 0 saturated carbocycles. The predicted molar refractivity (Wildman–Crippen MR) is 123 cm³/mol. The van der Waals surface area contributed by atoms with Crippen LogP contribution in [0.3, 0.4) is 0 Å². The fraction of sp³-hybridized carbons (Fsp3) is 0.217. The van der Waals surface area contributed by atoms with E-state index in [1.165, 1.54) is 59.9 Å². The van der Waals surface area contributed by atoms with E-state index in [-0.39, 0.29) is 21.0 Å². The van der Waals surface area contributed by atoms with Crippen molar-refractivity contribution in [3.8, 4) is 11.1 Å². The summed E-state index contributed by atoms with van der Waals surface area (Å²) < 4.78 is 45.0. The molecule has 1 aromatic heterocycles. The van der Waals surface area contributed by atoms with E-state index in [0.29, 0.717) is 24.2 Å². The molecule has 1 N–H and O–H groups in total. The van der Waals surface area contributed by atoms with Crippen molar-refractivity contribution >= 4 is 38.2 Å². The van der Waals surface area contributed by atoms with Crippen LogP contribution in [-0.4, -0.2) is 44.8 Å². The third kappa shape index (κ3) is 4.68. The molecule has 1 saturated heterocycles. The van der Waals surface area contributed by atoms with Crippen LogP contribution in [0, 0.1) is 5.82 Å². The summed E-state index contributed by atoms with van der Waals surface area (Å²) in [5.74, 6) is -1.55. The molecule has 0 unspecified atom stereocenters. The number of ether oxygens (including phenoxy) is 1. The van der Waals surface area contributed by atoms with Gasteiger partial charge in [-0.25, -0.2) is 17.6 Å². The highest BCUT2D eigenvalue weighted by molar-refractivity contribution is 7.89. The standard InChI is InChI=1S/C23H21FN2O5S2/c1-31-23(28)20-19(15-4-8-17(24)9-5-15)14-32-22(20)25-21(27)16-6-10-18(11-7-16)33(29,30)26-12-2-3-13-26/h4-11,14H,2-3,12-13H2,1H3,(H,25,27). The number of anilines is 1. The molecule has 0 aliphatic carbocycles. The summed E-state index contributed by atoms with van der Waals surface area (Å²) in [6.45, 7) is 0.991. The number of hydrogen-bond acceptors (Lipinski definition) is 6. The highest BCUT2D eigenvalue weighted by Crippen LogP contribution is 2.36. The lowest BCUT2D eigenvalue weighted by Crippen LogP contribution is -2.27. The van der Waals surface area contributed by atoms with Crippen molar-refractivity contribution in [3.63, 3.8) is 0 Å². The fourth-order valence-corrected chi connectivity index (χ4v) is 6.10. The van der Waals surface area contributed by atoms with Crippen LogP contribution < -0.4 is 5.32 Å². The molecule has 2 heterocycles. The zero-order chi connectivity index (χ0) is 23.6. The van der Waals surface area contributed by atoms with Gasteiger partial charge in [-0.2, -0.15) is 4.31 Å². The summed E-state index contributed by atoms with van der Waals surface area (Å²) in [5.41, 5.74) is 1.51. The zero-order valence-corrected chi connectivity index (χ0v) is 19.3. The second-order valence-corrected chi connectivity index (χ2v) is 10.3. The monoisotopic (exact) mass is 488 g/mol. The Bertz CT molecular complexity index is 1280. The second-order valence-electron chi connectivity index (χ2n) is 7.44. The number of nitrogens with zero attached hydrogens (tertiary/aromatic N) is 1. The van der Waals surface area contributed by atoms with Gasteiger partial charge in [0.25, 0.3) is 5.91 Å². The van der Waals surface area contributed by atoms with E-state index in [0.717, 1.165) is 24.2 Å². The third-order valence-corrected chi connectivity index (χ3v) is 8.19. The molecule has 4 rings (SSSR count). The maximum absolute atomic E-state index is 13.3. The lowest BCUT2D eigenvalue weighted by molar-refractivity contribution is 0.0603. The van der Waals surface area contributed by atoms with Crippen LogP contribution in [0.1, 0.15) is 33.6 Å². The van der Waals surface area contributed by atoms with Gasteiger partial charge < -0.3 is 10.1 Å². The van der Waals surface area contributed by atoms with Gasteiger partial charge in [0.2, 0.25) is 10.0 Å². The molecule has 0 radical (unpaired) electrons. The number of nitrogens with one attached hydrogen (secondary N) is 1. The molecule has 1 fully saturated rings. The number of carbonyl (C=O) groups excluding carboxylic acids is 2.